The molecule has 0 radical (unpaired) electrons. The molecule has 2 atom stereocenters. The Morgan fingerprint density at radius 2 is 2.10 bits per heavy atom. The predicted octanol–water partition coefficient (Wildman–Crippen LogP) is 2.89. The summed E-state index contributed by atoms with van der Waals surface area (Å²) < 4.78 is 38.4. The second-order valence-corrected chi connectivity index (χ2v) is 5.92. The maximum atomic E-state index is 12.8. The number of halogens is 3. The zero-order valence-corrected chi connectivity index (χ0v) is 12.6. The van der Waals surface area contributed by atoms with E-state index in [0.717, 1.165) is 17.9 Å². The Bertz CT molecular complexity index is 521. The first-order valence-corrected chi connectivity index (χ1v) is 7.96. The van der Waals surface area contributed by atoms with E-state index in [9.17, 15) is 18.0 Å². The van der Waals surface area contributed by atoms with Gasteiger partial charge in [-0.15, -0.1) is 0 Å². The number of thioether (sulfide) groups is 1. The van der Waals surface area contributed by atoms with Crippen LogP contribution in [0.25, 0.3) is 0 Å². The lowest BCUT2D eigenvalue weighted by atomic mass is 10.1. The Morgan fingerprint density at radius 3 is 2.71 bits per heavy atom. The first-order valence-electron chi connectivity index (χ1n) is 6.57. The molecular weight excluding hydrogens is 301 g/mol. The summed E-state index contributed by atoms with van der Waals surface area (Å²) in [6.45, 7) is 2.24. The molecule has 2 rings (SSSR count). The van der Waals surface area contributed by atoms with Gasteiger partial charge in [-0.2, -0.15) is 24.9 Å². The molecule has 1 saturated heterocycles. The van der Waals surface area contributed by atoms with Crippen LogP contribution in [0.1, 0.15) is 24.2 Å². The molecule has 0 saturated carbocycles. The van der Waals surface area contributed by atoms with Crippen LogP contribution in [-0.4, -0.2) is 35.4 Å². The number of benzene rings is 1. The van der Waals surface area contributed by atoms with Gasteiger partial charge in [0.05, 0.1) is 11.6 Å². The van der Waals surface area contributed by atoms with Crippen molar-refractivity contribution in [3.05, 3.63) is 35.4 Å². The van der Waals surface area contributed by atoms with Gasteiger partial charge in [0.15, 0.2) is 0 Å². The van der Waals surface area contributed by atoms with Crippen molar-refractivity contribution in [2.24, 2.45) is 0 Å². The van der Waals surface area contributed by atoms with Gasteiger partial charge in [-0.25, -0.2) is 0 Å². The third-order valence-corrected chi connectivity index (χ3v) is 4.03. The third-order valence-electron chi connectivity index (χ3n) is 3.44. The van der Waals surface area contributed by atoms with Gasteiger partial charge < -0.3 is 4.90 Å². The van der Waals surface area contributed by atoms with Crippen molar-refractivity contribution in [3.8, 4) is 0 Å². The van der Waals surface area contributed by atoms with E-state index in [4.69, 9.17) is 0 Å². The lowest BCUT2D eigenvalue weighted by molar-refractivity contribution is -0.137. The largest absolute Gasteiger partial charge is 0.416 e. The second-order valence-electron chi connectivity index (χ2n) is 4.94. The van der Waals surface area contributed by atoms with E-state index in [1.165, 1.54) is 6.07 Å². The summed E-state index contributed by atoms with van der Waals surface area (Å²) in [5, 5.41) is 3.06. The molecule has 1 N–H and O–H groups in total. The normalized spacial score (nSPS) is 22.9. The highest BCUT2D eigenvalue weighted by molar-refractivity contribution is 7.98. The highest BCUT2D eigenvalue weighted by atomic mass is 32.2. The molecule has 3 nitrogen and oxygen atoms in total. The monoisotopic (exact) mass is 318 g/mol. The Kier molecular flexibility index (Phi) is 4.83. The molecule has 0 aliphatic carbocycles. The van der Waals surface area contributed by atoms with E-state index < -0.39 is 17.9 Å². The highest BCUT2D eigenvalue weighted by Crippen LogP contribution is 2.32. The minimum absolute atomic E-state index is 0.0774. The van der Waals surface area contributed by atoms with Crippen LogP contribution in [0.2, 0.25) is 0 Å². The summed E-state index contributed by atoms with van der Waals surface area (Å²) in [4.78, 5) is 13.7. The minimum Gasteiger partial charge on any atom is -0.321 e. The fourth-order valence-corrected chi connectivity index (χ4v) is 2.74. The highest BCUT2D eigenvalue weighted by Gasteiger charge is 2.38. The van der Waals surface area contributed by atoms with Crippen LogP contribution in [0, 0.1) is 0 Å². The molecule has 1 aliphatic rings. The van der Waals surface area contributed by atoms with E-state index in [1.807, 2.05) is 6.26 Å². The Morgan fingerprint density at radius 1 is 1.38 bits per heavy atom. The molecule has 2 unspecified atom stereocenters. The van der Waals surface area contributed by atoms with Crippen molar-refractivity contribution < 1.29 is 18.0 Å². The Hall–Kier alpha value is -1.21. The molecule has 116 valence electrons. The molecule has 0 aromatic heterocycles. The molecule has 21 heavy (non-hydrogen) atoms. The molecular formula is C14H17F3N2OS. The lowest BCUT2D eigenvalue weighted by Crippen LogP contribution is -2.32. The third kappa shape index (κ3) is 3.52. The van der Waals surface area contributed by atoms with Gasteiger partial charge in [-0.3, -0.25) is 10.1 Å². The number of hydrogen-bond donors (Lipinski definition) is 1. The summed E-state index contributed by atoms with van der Waals surface area (Å²) in [5.41, 5.74) is -0.234. The molecule has 1 fully saturated rings. The molecule has 7 heteroatoms. The molecule has 1 heterocycles. The van der Waals surface area contributed by atoms with Crippen LogP contribution in [0.3, 0.4) is 0 Å². The van der Waals surface area contributed by atoms with Crippen LogP contribution in [0.4, 0.5) is 13.2 Å². The van der Waals surface area contributed by atoms with Crippen molar-refractivity contribution in [2.75, 3.05) is 18.6 Å². The topological polar surface area (TPSA) is 32.3 Å². The fraction of sp³-hybridized carbons (Fsp3) is 0.500. The van der Waals surface area contributed by atoms with E-state index in [0.29, 0.717) is 12.1 Å². The average molecular weight is 318 g/mol. The Labute approximate surface area is 125 Å². The van der Waals surface area contributed by atoms with Crippen LogP contribution in [-0.2, 0) is 11.0 Å². The van der Waals surface area contributed by atoms with Crippen LogP contribution < -0.4 is 5.32 Å². The van der Waals surface area contributed by atoms with Crippen LogP contribution in [0.5, 0.6) is 0 Å². The van der Waals surface area contributed by atoms with Crippen molar-refractivity contribution in [1.82, 2.24) is 10.2 Å². The van der Waals surface area contributed by atoms with Gasteiger partial charge in [-0.1, -0.05) is 12.1 Å². The van der Waals surface area contributed by atoms with Crippen LogP contribution >= 0.6 is 11.8 Å². The van der Waals surface area contributed by atoms with Crippen molar-refractivity contribution in [2.45, 2.75) is 25.3 Å². The number of carbonyl (C=O) groups excluding carboxylic acids is 1. The van der Waals surface area contributed by atoms with Gasteiger partial charge in [0.1, 0.15) is 6.17 Å². The predicted molar refractivity (Wildman–Crippen MR) is 76.9 cm³/mol. The standard InChI is InChI=1S/C14H17F3N2OS/c1-9-13(20)19(6-7-21-2)12(18-9)10-4-3-5-11(8-10)14(15,16)17/h3-5,8-9,12,18H,6-7H2,1-2H3. The van der Waals surface area contributed by atoms with Crippen LogP contribution in [0.15, 0.2) is 24.3 Å². The number of nitrogens with one attached hydrogen (secondary N) is 1. The number of amides is 1. The average Bonchev–Trinajstić information content (AvgIpc) is 2.72. The fourth-order valence-electron chi connectivity index (χ4n) is 2.36. The van der Waals surface area contributed by atoms with Gasteiger partial charge in [-0.05, 0) is 30.9 Å². The maximum Gasteiger partial charge on any atom is 0.416 e. The first-order chi connectivity index (χ1) is 9.84. The van der Waals surface area contributed by atoms with E-state index in [2.05, 4.69) is 5.32 Å². The number of hydrogen-bond acceptors (Lipinski definition) is 3. The van der Waals surface area contributed by atoms with Gasteiger partial charge in [0, 0.05) is 12.3 Å². The zero-order chi connectivity index (χ0) is 15.6. The molecule has 1 aromatic carbocycles. The van der Waals surface area contributed by atoms with Gasteiger partial charge in [0.2, 0.25) is 5.91 Å². The number of carbonyl (C=O) groups is 1. The quantitative estimate of drug-likeness (QED) is 0.926. The second kappa shape index (κ2) is 6.27. The van der Waals surface area contributed by atoms with E-state index in [-0.39, 0.29) is 11.9 Å². The lowest BCUT2D eigenvalue weighted by Gasteiger charge is -2.25. The first kappa shape index (κ1) is 16.2. The minimum atomic E-state index is -4.38. The molecule has 0 bridgehead atoms. The van der Waals surface area contributed by atoms with Gasteiger partial charge in [0.25, 0.3) is 0 Å². The molecule has 1 aliphatic heterocycles. The van der Waals surface area contributed by atoms with Gasteiger partial charge >= 0.3 is 6.18 Å². The smallest absolute Gasteiger partial charge is 0.321 e. The van der Waals surface area contributed by atoms with E-state index in [1.54, 1.807) is 29.7 Å². The van der Waals surface area contributed by atoms with Crippen molar-refractivity contribution >= 4 is 17.7 Å². The summed E-state index contributed by atoms with van der Waals surface area (Å²) in [6.07, 6.45) is -2.95. The number of nitrogens with zero attached hydrogens (tertiary/aromatic N) is 1. The SMILES string of the molecule is CSCCN1C(=O)C(C)NC1c1cccc(C(F)(F)F)c1. The number of rotatable bonds is 4. The number of alkyl halides is 3. The van der Waals surface area contributed by atoms with E-state index >= 15 is 0 Å². The summed E-state index contributed by atoms with van der Waals surface area (Å²) in [7, 11) is 0. The summed E-state index contributed by atoms with van der Waals surface area (Å²) in [5.74, 6) is 0.668. The summed E-state index contributed by atoms with van der Waals surface area (Å²) >= 11 is 1.59. The Balaban J connectivity index is 2.29. The molecule has 1 aromatic rings. The zero-order valence-electron chi connectivity index (χ0n) is 11.8. The van der Waals surface area contributed by atoms with Crippen molar-refractivity contribution in [3.63, 3.8) is 0 Å². The molecule has 1 amide bonds. The maximum absolute atomic E-state index is 12.8. The molecule has 0 spiro atoms. The summed E-state index contributed by atoms with van der Waals surface area (Å²) in [6, 6.07) is 4.75. The van der Waals surface area contributed by atoms with Crippen molar-refractivity contribution in [1.29, 1.82) is 0 Å².